The maximum absolute atomic E-state index is 11.3. The van der Waals surface area contributed by atoms with Crippen LogP contribution in [0.15, 0.2) is 0 Å². The van der Waals surface area contributed by atoms with Crippen LogP contribution in [-0.2, 0) is 9.53 Å². The average Bonchev–Trinajstić information content (AvgIpc) is 2.66. The van der Waals surface area contributed by atoms with Crippen LogP contribution < -0.4 is 5.73 Å². The minimum absolute atomic E-state index is 0.0680. The molecule has 0 aromatic carbocycles. The van der Waals surface area contributed by atoms with Crippen molar-refractivity contribution in [3.05, 3.63) is 0 Å². The van der Waals surface area contributed by atoms with Gasteiger partial charge in [-0.15, -0.1) is 0 Å². The van der Waals surface area contributed by atoms with E-state index >= 15 is 0 Å². The number of hydrogen-bond donors (Lipinski definition) is 1. The van der Waals surface area contributed by atoms with E-state index in [1.807, 2.05) is 13.8 Å². The molecular weight excluding hydrogens is 142 g/mol. The molecule has 1 saturated carbocycles. The highest BCUT2D eigenvalue weighted by Gasteiger charge is 2.54. The van der Waals surface area contributed by atoms with Crippen LogP contribution in [0.1, 0.15) is 26.7 Å². The number of carbonyl (C=O) groups is 1. The SMILES string of the molecule is CCOC(=O)C1([C@@H](C)N)CC1. The zero-order valence-corrected chi connectivity index (χ0v) is 7.09. The Morgan fingerprint density at radius 3 is 2.55 bits per heavy atom. The molecule has 0 aromatic heterocycles. The van der Waals surface area contributed by atoms with Crippen molar-refractivity contribution in [1.82, 2.24) is 0 Å². The smallest absolute Gasteiger partial charge is 0.313 e. The van der Waals surface area contributed by atoms with E-state index < -0.39 is 0 Å². The third-order valence-electron chi connectivity index (χ3n) is 2.34. The van der Waals surface area contributed by atoms with Crippen molar-refractivity contribution in [3.8, 4) is 0 Å². The summed E-state index contributed by atoms with van der Waals surface area (Å²) in [4.78, 5) is 11.3. The van der Waals surface area contributed by atoms with Crippen LogP contribution in [0.4, 0.5) is 0 Å². The lowest BCUT2D eigenvalue weighted by Crippen LogP contribution is -2.36. The quantitative estimate of drug-likeness (QED) is 0.613. The molecule has 1 rings (SSSR count). The van der Waals surface area contributed by atoms with E-state index in [9.17, 15) is 4.79 Å². The Labute approximate surface area is 66.9 Å². The molecule has 2 N–H and O–H groups in total. The summed E-state index contributed by atoms with van der Waals surface area (Å²) in [7, 11) is 0. The molecule has 1 fully saturated rings. The van der Waals surface area contributed by atoms with Crippen molar-refractivity contribution >= 4 is 5.97 Å². The van der Waals surface area contributed by atoms with Gasteiger partial charge in [0.25, 0.3) is 0 Å². The molecule has 0 radical (unpaired) electrons. The van der Waals surface area contributed by atoms with Crippen molar-refractivity contribution < 1.29 is 9.53 Å². The standard InChI is InChI=1S/C8H15NO2/c1-3-11-7(10)8(4-5-8)6(2)9/h6H,3-5,9H2,1-2H3/t6-/m1/s1. The van der Waals surface area contributed by atoms with Gasteiger partial charge in [0.05, 0.1) is 12.0 Å². The summed E-state index contributed by atoms with van der Waals surface area (Å²) in [6, 6.07) is -0.0680. The lowest BCUT2D eigenvalue weighted by atomic mass is 9.99. The first kappa shape index (κ1) is 8.53. The van der Waals surface area contributed by atoms with E-state index in [4.69, 9.17) is 10.5 Å². The van der Waals surface area contributed by atoms with E-state index in [-0.39, 0.29) is 17.4 Å². The van der Waals surface area contributed by atoms with Crippen LogP contribution >= 0.6 is 0 Å². The Kier molecular flexibility index (Phi) is 2.18. The lowest BCUT2D eigenvalue weighted by molar-refractivity contribution is -0.150. The number of carbonyl (C=O) groups excluding carboxylic acids is 1. The highest BCUT2D eigenvalue weighted by atomic mass is 16.5. The molecule has 0 saturated heterocycles. The number of rotatable bonds is 3. The lowest BCUT2D eigenvalue weighted by Gasteiger charge is -2.16. The zero-order valence-electron chi connectivity index (χ0n) is 7.09. The predicted octanol–water partition coefficient (Wildman–Crippen LogP) is 0.677. The summed E-state index contributed by atoms with van der Waals surface area (Å²) in [6.07, 6.45) is 1.78. The summed E-state index contributed by atoms with van der Waals surface area (Å²) in [5.41, 5.74) is 5.34. The van der Waals surface area contributed by atoms with Gasteiger partial charge in [-0.25, -0.2) is 0 Å². The highest BCUT2D eigenvalue weighted by molar-refractivity contribution is 5.80. The van der Waals surface area contributed by atoms with Crippen LogP contribution in [0.2, 0.25) is 0 Å². The first-order valence-electron chi connectivity index (χ1n) is 4.06. The predicted molar refractivity (Wildman–Crippen MR) is 41.9 cm³/mol. The molecule has 1 aliphatic carbocycles. The van der Waals surface area contributed by atoms with Crippen molar-refractivity contribution in [2.75, 3.05) is 6.61 Å². The fourth-order valence-electron chi connectivity index (χ4n) is 1.25. The molecule has 1 aliphatic rings. The summed E-state index contributed by atoms with van der Waals surface area (Å²) in [6.45, 7) is 4.13. The van der Waals surface area contributed by atoms with Crippen LogP contribution in [0.3, 0.4) is 0 Å². The molecule has 0 bridgehead atoms. The van der Waals surface area contributed by atoms with Crippen molar-refractivity contribution in [1.29, 1.82) is 0 Å². The monoisotopic (exact) mass is 157 g/mol. The van der Waals surface area contributed by atoms with Gasteiger partial charge in [-0.05, 0) is 26.7 Å². The normalized spacial score (nSPS) is 22.5. The summed E-state index contributed by atoms with van der Waals surface area (Å²) >= 11 is 0. The molecule has 0 amide bonds. The number of ether oxygens (including phenoxy) is 1. The molecule has 1 atom stereocenters. The topological polar surface area (TPSA) is 52.3 Å². The first-order valence-corrected chi connectivity index (χ1v) is 4.06. The minimum Gasteiger partial charge on any atom is -0.466 e. The molecule has 11 heavy (non-hydrogen) atoms. The van der Waals surface area contributed by atoms with Gasteiger partial charge in [0, 0.05) is 6.04 Å². The maximum atomic E-state index is 11.3. The fraction of sp³-hybridized carbons (Fsp3) is 0.875. The van der Waals surface area contributed by atoms with E-state index in [2.05, 4.69) is 0 Å². The van der Waals surface area contributed by atoms with Gasteiger partial charge < -0.3 is 10.5 Å². The Bertz CT molecular complexity index is 161. The van der Waals surface area contributed by atoms with Gasteiger partial charge in [0.15, 0.2) is 0 Å². The Morgan fingerprint density at radius 2 is 2.27 bits per heavy atom. The average molecular weight is 157 g/mol. The van der Waals surface area contributed by atoms with Gasteiger partial charge in [0.1, 0.15) is 0 Å². The Morgan fingerprint density at radius 1 is 1.73 bits per heavy atom. The second-order valence-corrected chi connectivity index (χ2v) is 3.17. The third-order valence-corrected chi connectivity index (χ3v) is 2.34. The highest BCUT2D eigenvalue weighted by Crippen LogP contribution is 2.48. The van der Waals surface area contributed by atoms with Crippen molar-refractivity contribution in [2.24, 2.45) is 11.1 Å². The van der Waals surface area contributed by atoms with Gasteiger partial charge in [-0.3, -0.25) is 4.79 Å². The molecule has 3 heteroatoms. The maximum Gasteiger partial charge on any atom is 0.313 e. The second-order valence-electron chi connectivity index (χ2n) is 3.17. The summed E-state index contributed by atoms with van der Waals surface area (Å²) < 4.78 is 4.91. The molecule has 0 heterocycles. The number of nitrogens with two attached hydrogens (primary N) is 1. The van der Waals surface area contributed by atoms with Gasteiger partial charge >= 0.3 is 5.97 Å². The number of hydrogen-bond acceptors (Lipinski definition) is 3. The third kappa shape index (κ3) is 1.38. The number of esters is 1. The van der Waals surface area contributed by atoms with Crippen LogP contribution in [0.5, 0.6) is 0 Å². The molecule has 0 aromatic rings. The van der Waals surface area contributed by atoms with Crippen LogP contribution in [0, 0.1) is 5.41 Å². The molecule has 0 spiro atoms. The molecule has 64 valence electrons. The fourth-order valence-corrected chi connectivity index (χ4v) is 1.25. The second kappa shape index (κ2) is 2.81. The van der Waals surface area contributed by atoms with Crippen LogP contribution in [0.25, 0.3) is 0 Å². The minimum atomic E-state index is -0.323. The van der Waals surface area contributed by atoms with E-state index in [1.165, 1.54) is 0 Å². The molecule has 0 unspecified atom stereocenters. The van der Waals surface area contributed by atoms with Gasteiger partial charge in [-0.1, -0.05) is 0 Å². The van der Waals surface area contributed by atoms with E-state index in [1.54, 1.807) is 0 Å². The van der Waals surface area contributed by atoms with E-state index in [0.717, 1.165) is 12.8 Å². The van der Waals surface area contributed by atoms with E-state index in [0.29, 0.717) is 6.61 Å². The van der Waals surface area contributed by atoms with Crippen molar-refractivity contribution in [2.45, 2.75) is 32.7 Å². The van der Waals surface area contributed by atoms with Gasteiger partial charge in [-0.2, -0.15) is 0 Å². The first-order chi connectivity index (χ1) is 5.13. The molecular formula is C8H15NO2. The van der Waals surface area contributed by atoms with Gasteiger partial charge in [0.2, 0.25) is 0 Å². The van der Waals surface area contributed by atoms with Crippen LogP contribution in [-0.4, -0.2) is 18.6 Å². The summed E-state index contributed by atoms with van der Waals surface area (Å²) in [5, 5.41) is 0. The Balaban J connectivity index is 2.51. The molecule has 0 aliphatic heterocycles. The summed E-state index contributed by atoms with van der Waals surface area (Å²) in [5.74, 6) is -0.116. The Hall–Kier alpha value is -0.570. The largest absolute Gasteiger partial charge is 0.466 e. The molecule has 3 nitrogen and oxygen atoms in total. The van der Waals surface area contributed by atoms with Crippen molar-refractivity contribution in [3.63, 3.8) is 0 Å². The zero-order chi connectivity index (χ0) is 8.48.